The highest BCUT2D eigenvalue weighted by molar-refractivity contribution is 6.28. The van der Waals surface area contributed by atoms with Gasteiger partial charge in [0.25, 0.3) is 5.15 Å². The van der Waals surface area contributed by atoms with Gasteiger partial charge in [0.05, 0.1) is 0 Å². The van der Waals surface area contributed by atoms with Gasteiger partial charge in [-0.15, -0.1) is 0 Å². The third-order valence-corrected chi connectivity index (χ3v) is 2.82. The summed E-state index contributed by atoms with van der Waals surface area (Å²) in [5.41, 5.74) is 7.64. The molecule has 2 nitrogen and oxygen atoms in total. The number of nitrogen functional groups attached to an aromatic ring is 1. The smallest absolute Gasteiger partial charge is 0.276 e. The molecule has 2 aromatic rings. The van der Waals surface area contributed by atoms with E-state index in [0.29, 0.717) is 10.8 Å². The van der Waals surface area contributed by atoms with Crippen LogP contribution in [0.2, 0.25) is 5.15 Å². The first-order valence-corrected chi connectivity index (χ1v) is 5.62. The molecule has 1 aromatic carbocycles. The topological polar surface area (TPSA) is 29.9 Å². The van der Waals surface area contributed by atoms with Gasteiger partial charge in [-0.05, 0) is 17.2 Å². The van der Waals surface area contributed by atoms with Gasteiger partial charge in [0, 0.05) is 24.2 Å². The van der Waals surface area contributed by atoms with Crippen LogP contribution in [-0.2, 0) is 13.0 Å². The van der Waals surface area contributed by atoms with Crippen LogP contribution in [0.5, 0.6) is 0 Å². The molecule has 0 unspecified atom stereocenters. The summed E-state index contributed by atoms with van der Waals surface area (Å²) >= 11 is 6.08. The SMILES string of the molecule is Nc1cc[n+](CCc2ccccc2)c(Cl)c1. The van der Waals surface area contributed by atoms with Crippen molar-refractivity contribution in [2.45, 2.75) is 13.0 Å². The number of nitrogens with two attached hydrogens (primary N) is 1. The highest BCUT2D eigenvalue weighted by Gasteiger charge is 2.07. The molecule has 0 saturated carbocycles. The molecule has 0 bridgehead atoms. The molecular weight excluding hydrogens is 220 g/mol. The van der Waals surface area contributed by atoms with Gasteiger partial charge < -0.3 is 5.73 Å². The maximum atomic E-state index is 6.08. The molecule has 16 heavy (non-hydrogen) atoms. The van der Waals surface area contributed by atoms with Crippen LogP contribution in [0.15, 0.2) is 48.7 Å². The molecule has 0 atom stereocenters. The Bertz CT molecular complexity index is 469. The predicted molar refractivity (Wildman–Crippen MR) is 66.2 cm³/mol. The molecule has 0 aliphatic carbocycles. The summed E-state index contributed by atoms with van der Waals surface area (Å²) in [5, 5.41) is 0.677. The minimum atomic E-state index is 0.677. The van der Waals surface area contributed by atoms with Crippen LogP contribution in [0.1, 0.15) is 5.56 Å². The number of rotatable bonds is 3. The number of hydrogen-bond acceptors (Lipinski definition) is 1. The van der Waals surface area contributed by atoms with E-state index in [1.807, 2.05) is 35.0 Å². The maximum Gasteiger partial charge on any atom is 0.276 e. The molecular formula is C13H14ClN2+. The first-order valence-electron chi connectivity index (χ1n) is 5.24. The molecule has 0 amide bonds. The number of pyridine rings is 1. The van der Waals surface area contributed by atoms with Crippen molar-refractivity contribution in [2.75, 3.05) is 5.73 Å². The largest absolute Gasteiger partial charge is 0.398 e. The monoisotopic (exact) mass is 233 g/mol. The summed E-state index contributed by atoms with van der Waals surface area (Å²) in [6.45, 7) is 0.864. The van der Waals surface area contributed by atoms with Crippen LogP contribution in [-0.4, -0.2) is 0 Å². The van der Waals surface area contributed by atoms with E-state index in [-0.39, 0.29) is 0 Å². The summed E-state index contributed by atoms with van der Waals surface area (Å²) in [6.07, 6.45) is 2.88. The molecule has 2 N–H and O–H groups in total. The van der Waals surface area contributed by atoms with Crippen LogP contribution in [0.4, 0.5) is 5.69 Å². The number of halogens is 1. The number of benzene rings is 1. The van der Waals surface area contributed by atoms with Crippen molar-refractivity contribution in [1.29, 1.82) is 0 Å². The maximum absolute atomic E-state index is 6.08. The molecule has 0 aliphatic heterocycles. The number of nitrogens with zero attached hydrogens (tertiary/aromatic N) is 1. The van der Waals surface area contributed by atoms with Gasteiger partial charge in [-0.3, -0.25) is 0 Å². The van der Waals surface area contributed by atoms with E-state index in [1.54, 1.807) is 6.07 Å². The van der Waals surface area contributed by atoms with Gasteiger partial charge in [-0.25, -0.2) is 0 Å². The van der Waals surface area contributed by atoms with Crippen molar-refractivity contribution in [3.05, 3.63) is 59.4 Å². The van der Waals surface area contributed by atoms with Gasteiger partial charge in [0.1, 0.15) is 0 Å². The van der Waals surface area contributed by atoms with Crippen LogP contribution in [0.25, 0.3) is 0 Å². The first-order chi connectivity index (χ1) is 7.75. The average Bonchev–Trinajstić information content (AvgIpc) is 2.29. The zero-order valence-electron chi connectivity index (χ0n) is 8.94. The third kappa shape index (κ3) is 2.74. The van der Waals surface area contributed by atoms with E-state index < -0.39 is 0 Å². The Hall–Kier alpha value is -1.54. The molecule has 0 aliphatic rings. The second-order valence-corrected chi connectivity index (χ2v) is 4.10. The quantitative estimate of drug-likeness (QED) is 0.641. The lowest BCUT2D eigenvalue weighted by atomic mass is 10.1. The van der Waals surface area contributed by atoms with Gasteiger partial charge >= 0.3 is 0 Å². The molecule has 1 aromatic heterocycles. The number of anilines is 1. The van der Waals surface area contributed by atoms with Crippen molar-refractivity contribution in [1.82, 2.24) is 0 Å². The highest BCUT2D eigenvalue weighted by atomic mass is 35.5. The summed E-state index contributed by atoms with van der Waals surface area (Å²) in [5.74, 6) is 0. The Morgan fingerprint density at radius 1 is 1.12 bits per heavy atom. The van der Waals surface area contributed by atoms with E-state index in [9.17, 15) is 0 Å². The molecule has 82 valence electrons. The lowest BCUT2D eigenvalue weighted by Crippen LogP contribution is -2.35. The third-order valence-electron chi connectivity index (χ3n) is 2.49. The standard InChI is InChI=1S/C13H13ClN2/c14-13-10-12(15)7-9-16(13)8-6-11-4-2-1-3-5-11/h1-5,7,9-10,15H,6,8H2/p+1. The molecule has 1 heterocycles. The first kappa shape index (κ1) is 11.0. The molecule has 2 rings (SSSR count). The van der Waals surface area contributed by atoms with Gasteiger partial charge in [-0.2, -0.15) is 4.57 Å². The van der Waals surface area contributed by atoms with Crippen molar-refractivity contribution in [3.8, 4) is 0 Å². The van der Waals surface area contributed by atoms with Crippen LogP contribution < -0.4 is 10.3 Å². The Balaban J connectivity index is 2.05. The summed E-state index contributed by atoms with van der Waals surface area (Å²) in [4.78, 5) is 0. The van der Waals surface area contributed by atoms with Gasteiger partial charge in [0.2, 0.25) is 0 Å². The Kier molecular flexibility index (Phi) is 3.42. The molecule has 3 heteroatoms. The van der Waals surface area contributed by atoms with Crippen LogP contribution in [0.3, 0.4) is 0 Å². The minimum absolute atomic E-state index is 0.677. The minimum Gasteiger partial charge on any atom is -0.398 e. The van der Waals surface area contributed by atoms with Crippen molar-refractivity contribution in [2.24, 2.45) is 0 Å². The number of aryl methyl sites for hydroxylation is 2. The Labute approximate surface area is 100 Å². The van der Waals surface area contributed by atoms with E-state index in [0.717, 1.165) is 13.0 Å². The Morgan fingerprint density at radius 2 is 1.88 bits per heavy atom. The molecule has 0 fully saturated rings. The molecule has 0 spiro atoms. The zero-order valence-corrected chi connectivity index (χ0v) is 9.69. The van der Waals surface area contributed by atoms with E-state index in [2.05, 4.69) is 12.1 Å². The number of hydrogen-bond donors (Lipinski definition) is 1. The van der Waals surface area contributed by atoms with Crippen LogP contribution in [0, 0.1) is 0 Å². The van der Waals surface area contributed by atoms with E-state index >= 15 is 0 Å². The fourth-order valence-corrected chi connectivity index (χ4v) is 1.86. The fraction of sp³-hybridized carbons (Fsp3) is 0.154. The van der Waals surface area contributed by atoms with Crippen molar-refractivity contribution < 1.29 is 4.57 Å². The van der Waals surface area contributed by atoms with Gasteiger partial charge in [-0.1, -0.05) is 30.3 Å². The normalized spacial score (nSPS) is 10.3. The van der Waals surface area contributed by atoms with Crippen molar-refractivity contribution >= 4 is 17.3 Å². The highest BCUT2D eigenvalue weighted by Crippen LogP contribution is 2.07. The summed E-state index contributed by atoms with van der Waals surface area (Å²) in [6, 6.07) is 14.0. The lowest BCUT2D eigenvalue weighted by Gasteiger charge is -2.00. The lowest BCUT2D eigenvalue weighted by molar-refractivity contribution is -0.694. The summed E-state index contributed by atoms with van der Waals surface area (Å²) < 4.78 is 1.99. The van der Waals surface area contributed by atoms with Crippen LogP contribution >= 0.6 is 11.6 Å². The fourth-order valence-electron chi connectivity index (χ4n) is 1.59. The second-order valence-electron chi connectivity index (χ2n) is 3.71. The predicted octanol–water partition coefficient (Wildman–Crippen LogP) is 2.45. The van der Waals surface area contributed by atoms with Gasteiger partial charge in [0.15, 0.2) is 12.7 Å². The second kappa shape index (κ2) is 4.99. The van der Waals surface area contributed by atoms with E-state index in [4.69, 9.17) is 17.3 Å². The zero-order chi connectivity index (χ0) is 11.4. The summed E-state index contributed by atoms with van der Waals surface area (Å²) in [7, 11) is 0. The average molecular weight is 234 g/mol. The Morgan fingerprint density at radius 3 is 2.56 bits per heavy atom. The van der Waals surface area contributed by atoms with E-state index in [1.165, 1.54) is 5.56 Å². The molecule has 0 radical (unpaired) electrons. The number of aromatic nitrogens is 1. The van der Waals surface area contributed by atoms with Crippen molar-refractivity contribution in [3.63, 3.8) is 0 Å². The molecule has 0 saturated heterocycles.